The number of aromatic nitrogens is 3. The van der Waals surface area contributed by atoms with Crippen LogP contribution in [0.15, 0.2) is 29.3 Å². The number of hydrogen-bond donors (Lipinski definition) is 1. The van der Waals surface area contributed by atoms with Gasteiger partial charge in [0.25, 0.3) is 11.8 Å². The summed E-state index contributed by atoms with van der Waals surface area (Å²) < 4.78 is 53.5. The maximum absolute atomic E-state index is 12.5. The molecule has 2 aromatic heterocycles. The minimum Gasteiger partial charge on any atom is -0.481 e. The summed E-state index contributed by atoms with van der Waals surface area (Å²) in [7, 11) is -1.35. The molecule has 2 heterocycles. The first-order valence-electron chi connectivity index (χ1n) is 7.82. The molecule has 0 bridgehead atoms. The zero-order valence-corrected chi connectivity index (χ0v) is 16.4. The van der Waals surface area contributed by atoms with Gasteiger partial charge in [-0.05, 0) is 18.2 Å². The van der Waals surface area contributed by atoms with Gasteiger partial charge in [-0.15, -0.1) is 0 Å². The molecule has 0 unspecified atom stereocenters. The molecule has 0 radical (unpaired) electrons. The van der Waals surface area contributed by atoms with Crippen molar-refractivity contribution in [2.45, 2.75) is 4.90 Å². The van der Waals surface area contributed by atoms with E-state index in [4.69, 9.17) is 31.0 Å². The van der Waals surface area contributed by atoms with Gasteiger partial charge in [-0.1, -0.05) is 11.6 Å². The van der Waals surface area contributed by atoms with Crippen molar-refractivity contribution in [2.24, 2.45) is 5.14 Å². The van der Waals surface area contributed by atoms with Crippen molar-refractivity contribution in [1.29, 1.82) is 0 Å². The predicted octanol–water partition coefficient (Wildman–Crippen LogP) is 2.09. The molecule has 0 aliphatic heterocycles. The first-order chi connectivity index (χ1) is 13.3. The van der Waals surface area contributed by atoms with Crippen LogP contribution in [0.1, 0.15) is 0 Å². The standard InChI is InChI=1S/C16H16ClFN4O5S/c1-25-14-13(27-6-5-18)15(26-2)21-16(20-14)22-8-12(28(19,23)24)10-4-3-9(17)7-11(10)22/h3-4,7-8H,5-6H2,1-2H3,(H2,19,23,24). The smallest absolute Gasteiger partial charge is 0.265 e. The first kappa shape index (κ1) is 20.1. The van der Waals surface area contributed by atoms with E-state index in [0.717, 1.165) is 0 Å². The number of methoxy groups -OCH3 is 2. The minimum absolute atomic E-state index is 0.0171. The summed E-state index contributed by atoms with van der Waals surface area (Å²) in [6, 6.07) is 4.61. The average Bonchev–Trinajstić information content (AvgIpc) is 3.04. The molecule has 0 atom stereocenters. The van der Waals surface area contributed by atoms with Crippen LogP contribution in [0.5, 0.6) is 17.5 Å². The number of rotatable bonds is 7. The van der Waals surface area contributed by atoms with Crippen LogP contribution < -0.4 is 19.3 Å². The lowest BCUT2D eigenvalue weighted by Crippen LogP contribution is -2.12. The fourth-order valence-electron chi connectivity index (χ4n) is 2.61. The molecule has 28 heavy (non-hydrogen) atoms. The van der Waals surface area contributed by atoms with E-state index in [1.54, 1.807) is 12.1 Å². The Hall–Kier alpha value is -2.63. The molecule has 0 amide bonds. The molecule has 0 spiro atoms. The molecule has 150 valence electrons. The number of halogens is 2. The van der Waals surface area contributed by atoms with Gasteiger partial charge in [0.1, 0.15) is 18.2 Å². The fraction of sp³-hybridized carbons (Fsp3) is 0.250. The van der Waals surface area contributed by atoms with E-state index in [0.29, 0.717) is 15.9 Å². The molecule has 3 aromatic rings. The summed E-state index contributed by atoms with van der Waals surface area (Å²) in [6.45, 7) is -0.973. The lowest BCUT2D eigenvalue weighted by atomic mass is 10.2. The topological polar surface area (TPSA) is 119 Å². The molecule has 0 aliphatic carbocycles. The first-order valence-corrected chi connectivity index (χ1v) is 9.75. The number of fused-ring (bicyclic) bond motifs is 1. The molecule has 9 nitrogen and oxygen atoms in total. The fourth-order valence-corrected chi connectivity index (χ4v) is 3.51. The van der Waals surface area contributed by atoms with Gasteiger partial charge in [0, 0.05) is 16.6 Å². The van der Waals surface area contributed by atoms with Crippen molar-refractivity contribution < 1.29 is 27.0 Å². The third-order valence-electron chi connectivity index (χ3n) is 3.75. The van der Waals surface area contributed by atoms with Gasteiger partial charge < -0.3 is 14.2 Å². The van der Waals surface area contributed by atoms with Crippen LogP contribution >= 0.6 is 11.6 Å². The zero-order chi connectivity index (χ0) is 20.5. The molecule has 0 fully saturated rings. The van der Waals surface area contributed by atoms with E-state index in [9.17, 15) is 12.8 Å². The van der Waals surface area contributed by atoms with E-state index in [1.165, 1.54) is 31.0 Å². The van der Waals surface area contributed by atoms with Crippen LogP contribution in [0.3, 0.4) is 0 Å². The lowest BCUT2D eigenvalue weighted by molar-refractivity contribution is 0.240. The Morgan fingerprint density at radius 1 is 1.21 bits per heavy atom. The van der Waals surface area contributed by atoms with Crippen molar-refractivity contribution in [3.8, 4) is 23.5 Å². The highest BCUT2D eigenvalue weighted by molar-refractivity contribution is 7.89. The number of sulfonamides is 1. The third kappa shape index (κ3) is 3.68. The number of hydrogen-bond acceptors (Lipinski definition) is 7. The minimum atomic E-state index is -4.03. The molecule has 0 aliphatic rings. The SMILES string of the molecule is COc1nc(-n2cc(S(N)(=O)=O)c3ccc(Cl)cc32)nc(OC)c1OCCF. The van der Waals surface area contributed by atoms with Gasteiger partial charge in [0.15, 0.2) is 0 Å². The number of nitrogens with zero attached hydrogens (tertiary/aromatic N) is 3. The molecular weight excluding hydrogens is 415 g/mol. The van der Waals surface area contributed by atoms with Gasteiger partial charge in [-0.2, -0.15) is 9.97 Å². The van der Waals surface area contributed by atoms with Gasteiger partial charge in [0.2, 0.25) is 21.7 Å². The Bertz CT molecular complexity index is 1110. The number of nitrogens with two attached hydrogens (primary N) is 1. The van der Waals surface area contributed by atoms with Gasteiger partial charge in [-0.3, -0.25) is 4.57 Å². The van der Waals surface area contributed by atoms with Gasteiger partial charge in [0.05, 0.1) is 19.7 Å². The second kappa shape index (κ2) is 7.78. The molecule has 0 saturated carbocycles. The Morgan fingerprint density at radius 3 is 2.39 bits per heavy atom. The maximum atomic E-state index is 12.5. The zero-order valence-electron chi connectivity index (χ0n) is 14.8. The van der Waals surface area contributed by atoms with Crippen LogP contribution in [0.25, 0.3) is 16.9 Å². The molecule has 2 N–H and O–H groups in total. The van der Waals surface area contributed by atoms with Crippen LogP contribution in [0.4, 0.5) is 4.39 Å². The molecule has 0 saturated heterocycles. The van der Waals surface area contributed by atoms with Gasteiger partial charge >= 0.3 is 0 Å². The van der Waals surface area contributed by atoms with Crippen molar-refractivity contribution in [1.82, 2.24) is 14.5 Å². The van der Waals surface area contributed by atoms with Crippen LogP contribution in [-0.2, 0) is 10.0 Å². The van der Waals surface area contributed by atoms with Crippen molar-refractivity contribution in [3.63, 3.8) is 0 Å². The molecule has 3 rings (SSSR count). The molecule has 12 heteroatoms. The Labute approximate surface area is 164 Å². The van der Waals surface area contributed by atoms with Gasteiger partial charge in [-0.25, -0.2) is 17.9 Å². The van der Waals surface area contributed by atoms with E-state index in [-0.39, 0.29) is 35.0 Å². The number of alkyl halides is 1. The Kier molecular flexibility index (Phi) is 5.59. The van der Waals surface area contributed by atoms with Crippen LogP contribution in [-0.4, -0.2) is 50.5 Å². The monoisotopic (exact) mass is 430 g/mol. The largest absolute Gasteiger partial charge is 0.481 e. The van der Waals surface area contributed by atoms with E-state index in [1.807, 2.05) is 0 Å². The summed E-state index contributed by atoms with van der Waals surface area (Å²) in [5, 5.41) is 6.03. The third-order valence-corrected chi connectivity index (χ3v) is 4.93. The van der Waals surface area contributed by atoms with Crippen LogP contribution in [0, 0.1) is 0 Å². The van der Waals surface area contributed by atoms with E-state index < -0.39 is 16.7 Å². The summed E-state index contributed by atoms with van der Waals surface area (Å²) in [6.07, 6.45) is 1.27. The quantitative estimate of drug-likeness (QED) is 0.609. The summed E-state index contributed by atoms with van der Waals surface area (Å²) in [4.78, 5) is 8.32. The Balaban J connectivity index is 2.29. The van der Waals surface area contributed by atoms with E-state index in [2.05, 4.69) is 9.97 Å². The average molecular weight is 431 g/mol. The summed E-state index contributed by atoms with van der Waals surface area (Å²) >= 11 is 6.06. The summed E-state index contributed by atoms with van der Waals surface area (Å²) in [5.41, 5.74) is 0.401. The van der Waals surface area contributed by atoms with Crippen molar-refractivity contribution >= 4 is 32.5 Å². The highest BCUT2D eigenvalue weighted by Gasteiger charge is 2.23. The normalized spacial score (nSPS) is 11.6. The maximum Gasteiger partial charge on any atom is 0.265 e. The predicted molar refractivity (Wildman–Crippen MR) is 99.8 cm³/mol. The molecule has 1 aromatic carbocycles. The number of primary sulfonamides is 1. The number of benzene rings is 1. The van der Waals surface area contributed by atoms with Crippen molar-refractivity contribution in [2.75, 3.05) is 27.5 Å². The second-order valence-electron chi connectivity index (χ2n) is 5.48. The Morgan fingerprint density at radius 2 is 1.86 bits per heavy atom. The highest BCUT2D eigenvalue weighted by Crippen LogP contribution is 2.36. The number of ether oxygens (including phenoxy) is 3. The lowest BCUT2D eigenvalue weighted by Gasteiger charge is -2.14. The highest BCUT2D eigenvalue weighted by atomic mass is 35.5. The summed E-state index contributed by atoms with van der Waals surface area (Å²) in [5.74, 6) is 0.00342. The molecular formula is C16H16ClFN4O5S. The van der Waals surface area contributed by atoms with E-state index >= 15 is 0 Å². The second-order valence-corrected chi connectivity index (χ2v) is 7.44. The van der Waals surface area contributed by atoms with Crippen molar-refractivity contribution in [3.05, 3.63) is 29.4 Å². The van der Waals surface area contributed by atoms with Crippen LogP contribution in [0.2, 0.25) is 5.02 Å².